The molecule has 0 spiro atoms. The van der Waals surface area contributed by atoms with Crippen LogP contribution in [-0.2, 0) is 0 Å². The van der Waals surface area contributed by atoms with Crippen molar-refractivity contribution in [2.45, 2.75) is 31.7 Å². The summed E-state index contributed by atoms with van der Waals surface area (Å²) in [6.07, 6.45) is 3.86. The first kappa shape index (κ1) is 13.4. The van der Waals surface area contributed by atoms with E-state index in [1.165, 1.54) is 11.3 Å². The first-order valence-corrected chi connectivity index (χ1v) is 7.18. The van der Waals surface area contributed by atoms with Crippen LogP contribution in [0.15, 0.2) is 11.4 Å². The highest BCUT2D eigenvalue weighted by atomic mass is 32.1. The summed E-state index contributed by atoms with van der Waals surface area (Å²) in [7, 11) is 1.60. The van der Waals surface area contributed by atoms with Crippen LogP contribution in [0.1, 0.15) is 35.4 Å². The Bertz CT molecular complexity index is 403. The molecule has 0 radical (unpaired) electrons. The third-order valence-electron chi connectivity index (χ3n) is 3.37. The first-order chi connectivity index (χ1) is 8.76. The van der Waals surface area contributed by atoms with Crippen molar-refractivity contribution in [3.05, 3.63) is 16.3 Å². The summed E-state index contributed by atoms with van der Waals surface area (Å²) < 4.78 is 5.11. The molecule has 100 valence electrons. The zero-order valence-electron chi connectivity index (χ0n) is 10.6. The molecular formula is C13H19NO3S. The molecule has 1 aromatic heterocycles. The van der Waals surface area contributed by atoms with Crippen LogP contribution in [0.25, 0.3) is 0 Å². The number of rotatable bonds is 4. The Balaban J connectivity index is 2.10. The van der Waals surface area contributed by atoms with Crippen molar-refractivity contribution < 1.29 is 14.6 Å². The van der Waals surface area contributed by atoms with Crippen LogP contribution >= 0.6 is 11.3 Å². The third kappa shape index (κ3) is 2.84. The van der Waals surface area contributed by atoms with Crippen molar-refractivity contribution in [3.8, 4) is 5.75 Å². The molecule has 1 atom stereocenters. The van der Waals surface area contributed by atoms with Gasteiger partial charge in [0.2, 0.25) is 0 Å². The minimum atomic E-state index is 0.0708. The topological polar surface area (TPSA) is 49.8 Å². The van der Waals surface area contributed by atoms with Crippen LogP contribution in [0.2, 0.25) is 0 Å². The minimum Gasteiger partial charge on any atom is -0.496 e. The van der Waals surface area contributed by atoms with E-state index in [9.17, 15) is 4.79 Å². The molecule has 2 rings (SSSR count). The maximum Gasteiger partial charge on any atom is 0.264 e. The minimum absolute atomic E-state index is 0.0708. The SMILES string of the molecule is COc1csc(C(=O)N2CCCCC2CCO)c1. The molecule has 1 aliphatic heterocycles. The smallest absolute Gasteiger partial charge is 0.264 e. The van der Waals surface area contributed by atoms with E-state index in [1.54, 1.807) is 13.2 Å². The van der Waals surface area contributed by atoms with Crippen molar-refractivity contribution in [2.24, 2.45) is 0 Å². The summed E-state index contributed by atoms with van der Waals surface area (Å²) in [4.78, 5) is 15.0. The van der Waals surface area contributed by atoms with Gasteiger partial charge >= 0.3 is 0 Å². The summed E-state index contributed by atoms with van der Waals surface area (Å²) >= 11 is 1.42. The number of likely N-dealkylation sites (tertiary alicyclic amines) is 1. The van der Waals surface area contributed by atoms with Gasteiger partial charge in [-0.05, 0) is 25.7 Å². The lowest BCUT2D eigenvalue weighted by Crippen LogP contribution is -2.43. The van der Waals surface area contributed by atoms with Crippen LogP contribution in [0.4, 0.5) is 0 Å². The van der Waals surface area contributed by atoms with Gasteiger partial charge in [0.05, 0.1) is 12.0 Å². The number of carbonyl (C=O) groups is 1. The Hall–Kier alpha value is -1.07. The van der Waals surface area contributed by atoms with E-state index < -0.39 is 0 Å². The highest BCUT2D eigenvalue weighted by molar-refractivity contribution is 7.12. The molecule has 0 saturated carbocycles. The number of nitrogens with zero attached hydrogens (tertiary/aromatic N) is 1. The molecule has 1 saturated heterocycles. The first-order valence-electron chi connectivity index (χ1n) is 6.30. The molecule has 1 aromatic rings. The second-order valence-electron chi connectivity index (χ2n) is 4.51. The molecule has 1 unspecified atom stereocenters. The number of hydrogen-bond donors (Lipinski definition) is 1. The van der Waals surface area contributed by atoms with Crippen LogP contribution in [-0.4, -0.2) is 42.2 Å². The molecule has 0 bridgehead atoms. The van der Waals surface area contributed by atoms with Crippen LogP contribution in [0.5, 0.6) is 5.75 Å². The van der Waals surface area contributed by atoms with Crippen LogP contribution in [0, 0.1) is 0 Å². The Morgan fingerprint density at radius 1 is 1.61 bits per heavy atom. The van der Waals surface area contributed by atoms with Gasteiger partial charge in [-0.15, -0.1) is 11.3 Å². The quantitative estimate of drug-likeness (QED) is 0.911. The van der Waals surface area contributed by atoms with Crippen molar-refractivity contribution in [1.82, 2.24) is 4.90 Å². The number of hydrogen-bond acceptors (Lipinski definition) is 4. The lowest BCUT2D eigenvalue weighted by atomic mass is 9.99. The van der Waals surface area contributed by atoms with Gasteiger partial charge in [-0.1, -0.05) is 0 Å². The Kier molecular flexibility index (Phi) is 4.60. The lowest BCUT2D eigenvalue weighted by Gasteiger charge is -2.35. The Morgan fingerprint density at radius 2 is 2.44 bits per heavy atom. The van der Waals surface area contributed by atoms with E-state index in [1.807, 2.05) is 10.3 Å². The predicted molar refractivity (Wildman–Crippen MR) is 71.2 cm³/mol. The van der Waals surface area contributed by atoms with E-state index in [2.05, 4.69) is 0 Å². The van der Waals surface area contributed by atoms with Crippen molar-refractivity contribution in [1.29, 1.82) is 0 Å². The van der Waals surface area contributed by atoms with E-state index in [0.717, 1.165) is 36.4 Å². The molecule has 0 aromatic carbocycles. The van der Waals surface area contributed by atoms with Crippen molar-refractivity contribution >= 4 is 17.2 Å². The summed E-state index contributed by atoms with van der Waals surface area (Å²) in [6.45, 7) is 0.936. The fourth-order valence-electron chi connectivity index (χ4n) is 2.40. The molecule has 1 N–H and O–H groups in total. The number of carbonyl (C=O) groups excluding carboxylic acids is 1. The van der Waals surface area contributed by atoms with E-state index in [4.69, 9.17) is 9.84 Å². The van der Waals surface area contributed by atoms with Crippen molar-refractivity contribution in [2.75, 3.05) is 20.3 Å². The van der Waals surface area contributed by atoms with Crippen LogP contribution < -0.4 is 4.74 Å². The molecule has 1 aliphatic rings. The average molecular weight is 269 g/mol. The van der Waals surface area contributed by atoms with Gasteiger partial charge in [-0.2, -0.15) is 0 Å². The summed E-state index contributed by atoms with van der Waals surface area (Å²) in [5.74, 6) is 0.806. The maximum atomic E-state index is 12.4. The largest absolute Gasteiger partial charge is 0.496 e. The van der Waals surface area contributed by atoms with E-state index >= 15 is 0 Å². The number of thiophene rings is 1. The molecule has 1 fully saturated rings. The van der Waals surface area contributed by atoms with Crippen molar-refractivity contribution in [3.63, 3.8) is 0 Å². The number of aliphatic hydroxyl groups excluding tert-OH is 1. The Morgan fingerprint density at radius 3 is 3.11 bits per heavy atom. The van der Waals surface area contributed by atoms with Gasteiger partial charge in [0.15, 0.2) is 0 Å². The zero-order chi connectivity index (χ0) is 13.0. The van der Waals surface area contributed by atoms with Crippen LogP contribution in [0.3, 0.4) is 0 Å². The van der Waals surface area contributed by atoms with Gasteiger partial charge in [0, 0.05) is 30.6 Å². The van der Waals surface area contributed by atoms with Gasteiger partial charge < -0.3 is 14.7 Å². The summed E-state index contributed by atoms with van der Waals surface area (Å²) in [6, 6.07) is 1.97. The monoisotopic (exact) mass is 269 g/mol. The van der Waals surface area contributed by atoms with E-state index in [0.29, 0.717) is 6.42 Å². The molecular weight excluding hydrogens is 250 g/mol. The average Bonchev–Trinajstić information content (AvgIpc) is 2.88. The second kappa shape index (κ2) is 6.20. The predicted octanol–water partition coefficient (Wildman–Crippen LogP) is 2.13. The number of ether oxygens (including phenoxy) is 1. The molecule has 1 amide bonds. The van der Waals surface area contributed by atoms with Gasteiger partial charge in [-0.25, -0.2) is 0 Å². The number of aliphatic hydroxyl groups is 1. The molecule has 2 heterocycles. The highest BCUT2D eigenvalue weighted by Gasteiger charge is 2.27. The number of amides is 1. The van der Waals surface area contributed by atoms with Gasteiger partial charge in [0.25, 0.3) is 5.91 Å². The zero-order valence-corrected chi connectivity index (χ0v) is 11.4. The number of piperidine rings is 1. The van der Waals surface area contributed by atoms with Gasteiger partial charge in [0.1, 0.15) is 5.75 Å². The second-order valence-corrected chi connectivity index (χ2v) is 5.42. The fraction of sp³-hybridized carbons (Fsp3) is 0.615. The molecule has 0 aliphatic carbocycles. The molecule has 18 heavy (non-hydrogen) atoms. The standard InChI is InChI=1S/C13H19NO3S/c1-17-11-8-12(18-9-11)13(16)14-6-3-2-4-10(14)5-7-15/h8-10,15H,2-7H2,1H3. The molecule has 5 heteroatoms. The van der Waals surface area contributed by atoms with E-state index in [-0.39, 0.29) is 18.6 Å². The lowest BCUT2D eigenvalue weighted by molar-refractivity contribution is 0.0579. The number of methoxy groups -OCH3 is 1. The maximum absolute atomic E-state index is 12.4. The molecule has 4 nitrogen and oxygen atoms in total. The third-order valence-corrected chi connectivity index (χ3v) is 4.27. The highest BCUT2D eigenvalue weighted by Crippen LogP contribution is 2.26. The fourth-order valence-corrected chi connectivity index (χ4v) is 3.21. The Labute approximate surface area is 111 Å². The summed E-state index contributed by atoms with van der Waals surface area (Å²) in [5.41, 5.74) is 0. The van der Waals surface area contributed by atoms with Gasteiger partial charge in [-0.3, -0.25) is 4.79 Å². The normalized spacial score (nSPS) is 19.9. The summed E-state index contributed by atoms with van der Waals surface area (Å²) in [5, 5.41) is 10.9.